The molecule has 3 rings (SSSR count). The van der Waals surface area contributed by atoms with Crippen LogP contribution < -0.4 is 10.6 Å². The van der Waals surface area contributed by atoms with Crippen molar-refractivity contribution in [1.29, 1.82) is 0 Å². The van der Waals surface area contributed by atoms with E-state index in [9.17, 15) is 9.59 Å². The Labute approximate surface area is 222 Å². The number of hydrogen-bond acceptors (Lipinski definition) is 7. The minimum absolute atomic E-state index is 0.0748. The maximum absolute atomic E-state index is 13.5. The molecular weight excluding hydrogens is 488 g/mol. The van der Waals surface area contributed by atoms with Crippen LogP contribution in [0.3, 0.4) is 0 Å². The molecule has 0 aliphatic rings. The summed E-state index contributed by atoms with van der Waals surface area (Å²) in [5.41, 5.74) is 2.19. The third-order valence-corrected chi connectivity index (χ3v) is 5.45. The Morgan fingerprint density at radius 3 is 2.38 bits per heavy atom. The topological polar surface area (TPSA) is 102 Å². The van der Waals surface area contributed by atoms with Gasteiger partial charge in [0.25, 0.3) is 0 Å². The third kappa shape index (κ3) is 7.68. The number of esters is 1. The molecule has 0 fully saturated rings. The molecule has 0 radical (unpaired) electrons. The summed E-state index contributed by atoms with van der Waals surface area (Å²) in [7, 11) is 0. The van der Waals surface area contributed by atoms with Gasteiger partial charge in [-0.2, -0.15) is 0 Å². The van der Waals surface area contributed by atoms with Crippen LogP contribution in [0, 0.1) is 0 Å². The largest absolute Gasteiger partial charge is 0.461 e. The van der Waals surface area contributed by atoms with Crippen molar-refractivity contribution in [2.24, 2.45) is 0 Å². The first-order chi connectivity index (χ1) is 17.7. The van der Waals surface area contributed by atoms with E-state index < -0.39 is 17.6 Å². The number of nitrogens with one attached hydrogen (secondary N) is 2. The number of amides is 1. The second kappa shape index (κ2) is 12.7. The van der Waals surface area contributed by atoms with Gasteiger partial charge in [0.05, 0.1) is 18.0 Å². The second-order valence-electron chi connectivity index (χ2n) is 8.80. The van der Waals surface area contributed by atoms with Crippen LogP contribution in [-0.4, -0.2) is 33.2 Å². The van der Waals surface area contributed by atoms with Gasteiger partial charge in [-0.15, -0.1) is 6.58 Å². The minimum Gasteiger partial charge on any atom is -0.461 e. The summed E-state index contributed by atoms with van der Waals surface area (Å²) in [6.45, 7) is 9.40. The molecule has 0 saturated carbocycles. The fourth-order valence-corrected chi connectivity index (χ4v) is 3.94. The average molecular weight is 519 g/mol. The number of carbonyl (C=O) groups is 2. The lowest BCUT2D eigenvalue weighted by Gasteiger charge is -2.35. The Bertz CT molecular complexity index is 1230. The van der Waals surface area contributed by atoms with E-state index >= 15 is 0 Å². The molecule has 3 aromatic rings. The van der Waals surface area contributed by atoms with Crippen LogP contribution in [0.1, 0.15) is 38.3 Å². The van der Waals surface area contributed by atoms with Gasteiger partial charge in [0.15, 0.2) is 10.7 Å². The summed E-state index contributed by atoms with van der Waals surface area (Å²) in [5.74, 6) is -0.556. The lowest BCUT2D eigenvalue weighted by molar-refractivity contribution is -0.155. The monoisotopic (exact) mass is 518 g/mol. The highest BCUT2D eigenvalue weighted by Gasteiger charge is 2.43. The second-order valence-corrected chi connectivity index (χ2v) is 9.21. The first-order valence-corrected chi connectivity index (χ1v) is 12.1. The summed E-state index contributed by atoms with van der Waals surface area (Å²) in [4.78, 5) is 34.4. The maximum Gasteiger partial charge on any atom is 0.413 e. The number of thiocarbonyl (C=S) groups is 1. The van der Waals surface area contributed by atoms with Crippen molar-refractivity contribution in [3.05, 3.63) is 96.5 Å². The molecule has 1 heterocycles. The minimum atomic E-state index is -1.44. The molecule has 37 heavy (non-hydrogen) atoms. The molecule has 0 unspecified atom stereocenters. The molecule has 1 atom stereocenters. The van der Waals surface area contributed by atoms with Crippen LogP contribution in [0.2, 0.25) is 0 Å². The van der Waals surface area contributed by atoms with E-state index in [1.807, 2.05) is 42.5 Å². The van der Waals surface area contributed by atoms with Gasteiger partial charge in [0.2, 0.25) is 0 Å². The SMILES string of the molecule is C=C(C)C[C@](NC(=S)NC(=O)OCc1ccccc1)(C(=O)OC(C)C)c1ccc(-c2cnccn2)cc1. The van der Waals surface area contributed by atoms with E-state index in [1.165, 1.54) is 0 Å². The summed E-state index contributed by atoms with van der Waals surface area (Å²) >= 11 is 5.42. The van der Waals surface area contributed by atoms with Gasteiger partial charge in [0.1, 0.15) is 6.61 Å². The van der Waals surface area contributed by atoms with Crippen molar-refractivity contribution >= 4 is 29.4 Å². The molecule has 0 aliphatic heterocycles. The molecule has 1 aromatic heterocycles. The molecular formula is C28H30N4O4S. The molecule has 192 valence electrons. The Hall–Kier alpha value is -4.11. The predicted octanol–water partition coefficient (Wildman–Crippen LogP) is 5.06. The average Bonchev–Trinajstić information content (AvgIpc) is 2.87. The summed E-state index contributed by atoms with van der Waals surface area (Å²) in [6.07, 6.45) is 3.90. The van der Waals surface area contributed by atoms with E-state index in [-0.39, 0.29) is 24.2 Å². The van der Waals surface area contributed by atoms with E-state index in [4.69, 9.17) is 21.7 Å². The molecule has 0 spiro atoms. The first-order valence-electron chi connectivity index (χ1n) is 11.7. The van der Waals surface area contributed by atoms with Crippen LogP contribution in [0.15, 0.2) is 85.3 Å². The Balaban J connectivity index is 1.87. The van der Waals surface area contributed by atoms with Crippen LogP contribution in [0.25, 0.3) is 11.3 Å². The number of ether oxygens (including phenoxy) is 2. The zero-order valence-corrected chi connectivity index (χ0v) is 21.9. The lowest BCUT2D eigenvalue weighted by atomic mass is 9.83. The number of rotatable bonds is 9. The fourth-order valence-electron chi connectivity index (χ4n) is 3.68. The zero-order chi connectivity index (χ0) is 26.8. The van der Waals surface area contributed by atoms with Crippen LogP contribution in [-0.2, 0) is 26.4 Å². The normalized spacial score (nSPS) is 12.2. The van der Waals surface area contributed by atoms with E-state index in [0.29, 0.717) is 16.8 Å². The molecule has 0 aliphatic carbocycles. The van der Waals surface area contributed by atoms with E-state index in [2.05, 4.69) is 27.2 Å². The molecule has 8 nitrogen and oxygen atoms in total. The molecule has 0 saturated heterocycles. The van der Waals surface area contributed by atoms with Crippen molar-refractivity contribution in [3.8, 4) is 11.3 Å². The molecule has 1 amide bonds. The van der Waals surface area contributed by atoms with Crippen molar-refractivity contribution in [1.82, 2.24) is 20.6 Å². The van der Waals surface area contributed by atoms with E-state index in [1.54, 1.807) is 51.5 Å². The fraction of sp³-hybridized carbons (Fsp3) is 0.250. The van der Waals surface area contributed by atoms with Gasteiger partial charge < -0.3 is 14.8 Å². The standard InChI is InChI=1S/C28H30N4O4S/c1-19(2)16-28(25(33)36-20(3)4,23-12-10-22(11-13-23)24-17-29-14-15-30-24)32-26(37)31-27(34)35-18-21-8-6-5-7-9-21/h5-15,17,20H,1,16,18H2,2-4H3,(H2,31,32,34,37)/t28-/m1/s1. The Morgan fingerprint density at radius 2 is 1.78 bits per heavy atom. The predicted molar refractivity (Wildman–Crippen MR) is 145 cm³/mol. The number of nitrogens with zero attached hydrogens (tertiary/aromatic N) is 2. The zero-order valence-electron chi connectivity index (χ0n) is 21.1. The first kappa shape index (κ1) is 27.5. The number of hydrogen-bond donors (Lipinski definition) is 2. The molecule has 2 N–H and O–H groups in total. The van der Waals surface area contributed by atoms with Gasteiger partial charge in [-0.25, -0.2) is 9.59 Å². The summed E-state index contributed by atoms with van der Waals surface area (Å²) in [5, 5.41) is 5.44. The van der Waals surface area contributed by atoms with Gasteiger partial charge >= 0.3 is 12.1 Å². The van der Waals surface area contributed by atoms with Crippen molar-refractivity contribution < 1.29 is 19.1 Å². The number of alkyl carbamates (subject to hydrolysis) is 1. The van der Waals surface area contributed by atoms with Gasteiger partial charge in [-0.3, -0.25) is 15.3 Å². The highest BCUT2D eigenvalue weighted by molar-refractivity contribution is 7.80. The van der Waals surface area contributed by atoms with Crippen molar-refractivity contribution in [2.75, 3.05) is 0 Å². The molecule has 2 aromatic carbocycles. The smallest absolute Gasteiger partial charge is 0.413 e. The van der Waals surface area contributed by atoms with Crippen molar-refractivity contribution in [3.63, 3.8) is 0 Å². The summed E-state index contributed by atoms with van der Waals surface area (Å²) < 4.78 is 10.9. The Morgan fingerprint density at radius 1 is 1.08 bits per heavy atom. The number of carbonyl (C=O) groups excluding carboxylic acids is 2. The number of benzene rings is 2. The van der Waals surface area contributed by atoms with Gasteiger partial charge in [0, 0.05) is 24.4 Å². The Kier molecular flexibility index (Phi) is 9.45. The van der Waals surface area contributed by atoms with Crippen molar-refractivity contribution in [2.45, 2.75) is 45.4 Å². The molecule has 0 bridgehead atoms. The van der Waals surface area contributed by atoms with Crippen LogP contribution in [0.4, 0.5) is 4.79 Å². The lowest BCUT2D eigenvalue weighted by Crippen LogP contribution is -2.56. The maximum atomic E-state index is 13.5. The van der Waals surface area contributed by atoms with E-state index in [0.717, 1.165) is 11.1 Å². The van der Waals surface area contributed by atoms with Gasteiger partial charge in [-0.05, 0) is 44.1 Å². The quantitative estimate of drug-likeness (QED) is 0.230. The highest BCUT2D eigenvalue weighted by atomic mass is 32.1. The van der Waals surface area contributed by atoms with Crippen LogP contribution >= 0.6 is 12.2 Å². The number of aromatic nitrogens is 2. The highest BCUT2D eigenvalue weighted by Crippen LogP contribution is 2.32. The summed E-state index contributed by atoms with van der Waals surface area (Å²) in [6, 6.07) is 16.5. The molecule has 9 heteroatoms. The van der Waals surface area contributed by atoms with Gasteiger partial charge in [-0.1, -0.05) is 60.2 Å². The van der Waals surface area contributed by atoms with Crippen LogP contribution in [0.5, 0.6) is 0 Å². The third-order valence-electron chi connectivity index (χ3n) is 5.25.